The number of pyridine rings is 1. The molecule has 0 radical (unpaired) electrons. The van der Waals surface area contributed by atoms with E-state index in [4.69, 9.17) is 4.42 Å². The Morgan fingerprint density at radius 3 is 2.58 bits per heavy atom. The van der Waals surface area contributed by atoms with E-state index < -0.39 is 17.6 Å². The number of para-hydroxylation sites is 1. The third-order valence-electron chi connectivity index (χ3n) is 6.20. The molecule has 0 aliphatic carbocycles. The lowest BCUT2D eigenvalue weighted by atomic mass is 9.96. The zero-order valence-corrected chi connectivity index (χ0v) is 19.2. The standard InChI is InChI=1S/C27H23FN4O4/c28-19-11-9-17(10-12-19)27(35)32-13-3-5-18(16-32)25(33)30-31-26(34)21-15-23(24-8-4-14-36-24)29-22-7-2-1-6-20(21)22/h1-2,4,6-12,14-15,18H,3,5,13,16H2,(H,30,33)(H,31,34). The van der Waals surface area contributed by atoms with Gasteiger partial charge in [-0.1, -0.05) is 18.2 Å². The van der Waals surface area contributed by atoms with Gasteiger partial charge in [-0.25, -0.2) is 9.37 Å². The van der Waals surface area contributed by atoms with E-state index in [9.17, 15) is 18.8 Å². The summed E-state index contributed by atoms with van der Waals surface area (Å²) in [6.07, 6.45) is 2.75. The number of furan rings is 1. The molecule has 3 heterocycles. The van der Waals surface area contributed by atoms with Crippen molar-refractivity contribution in [3.63, 3.8) is 0 Å². The van der Waals surface area contributed by atoms with Crippen LogP contribution in [0.25, 0.3) is 22.4 Å². The minimum Gasteiger partial charge on any atom is -0.463 e. The summed E-state index contributed by atoms with van der Waals surface area (Å²) in [5.41, 5.74) is 6.82. The van der Waals surface area contributed by atoms with Crippen LogP contribution < -0.4 is 10.9 Å². The normalized spacial score (nSPS) is 15.5. The van der Waals surface area contributed by atoms with Crippen LogP contribution in [0.2, 0.25) is 0 Å². The molecule has 2 N–H and O–H groups in total. The summed E-state index contributed by atoms with van der Waals surface area (Å²) in [5.74, 6) is -1.53. The number of amides is 3. The minimum atomic E-state index is -0.496. The Hall–Kier alpha value is -4.53. The molecule has 3 amide bonds. The second kappa shape index (κ2) is 9.99. The maximum atomic E-state index is 13.2. The van der Waals surface area contributed by atoms with Gasteiger partial charge in [0, 0.05) is 24.0 Å². The molecule has 1 saturated heterocycles. The van der Waals surface area contributed by atoms with Crippen molar-refractivity contribution >= 4 is 28.6 Å². The molecule has 1 aliphatic heterocycles. The van der Waals surface area contributed by atoms with E-state index >= 15 is 0 Å². The average molecular weight is 487 g/mol. The van der Waals surface area contributed by atoms with Crippen molar-refractivity contribution in [3.05, 3.63) is 89.9 Å². The third-order valence-corrected chi connectivity index (χ3v) is 6.20. The van der Waals surface area contributed by atoms with E-state index in [1.807, 2.05) is 6.07 Å². The lowest BCUT2D eigenvalue weighted by Gasteiger charge is -2.32. The molecule has 4 aromatic rings. The molecule has 2 aromatic heterocycles. The molecule has 182 valence electrons. The zero-order chi connectivity index (χ0) is 25.1. The first-order valence-electron chi connectivity index (χ1n) is 11.6. The predicted octanol–water partition coefficient (Wildman–Crippen LogP) is 3.95. The SMILES string of the molecule is O=C(NNC(=O)C1CCCN(C(=O)c2ccc(F)cc2)C1)c1cc(-c2ccco2)nc2ccccc12. The molecular weight excluding hydrogens is 463 g/mol. The fourth-order valence-electron chi connectivity index (χ4n) is 4.35. The van der Waals surface area contributed by atoms with Crippen molar-refractivity contribution < 1.29 is 23.2 Å². The molecule has 1 fully saturated rings. The maximum absolute atomic E-state index is 13.2. The van der Waals surface area contributed by atoms with Crippen LogP contribution in [-0.4, -0.2) is 40.7 Å². The van der Waals surface area contributed by atoms with Crippen molar-refractivity contribution in [2.45, 2.75) is 12.8 Å². The van der Waals surface area contributed by atoms with Crippen molar-refractivity contribution in [3.8, 4) is 11.5 Å². The predicted molar refractivity (Wildman–Crippen MR) is 130 cm³/mol. The summed E-state index contributed by atoms with van der Waals surface area (Å²) in [7, 11) is 0. The fourth-order valence-corrected chi connectivity index (χ4v) is 4.35. The van der Waals surface area contributed by atoms with Gasteiger partial charge in [0.2, 0.25) is 5.91 Å². The van der Waals surface area contributed by atoms with Gasteiger partial charge >= 0.3 is 0 Å². The van der Waals surface area contributed by atoms with Crippen molar-refractivity contribution in [2.75, 3.05) is 13.1 Å². The monoisotopic (exact) mass is 486 g/mol. The number of nitrogens with zero attached hydrogens (tertiary/aromatic N) is 2. The first-order valence-corrected chi connectivity index (χ1v) is 11.6. The third kappa shape index (κ3) is 4.81. The van der Waals surface area contributed by atoms with Crippen LogP contribution in [0.5, 0.6) is 0 Å². The number of carbonyl (C=O) groups excluding carboxylic acids is 3. The molecular formula is C27H23FN4O4. The first kappa shape index (κ1) is 23.2. The van der Waals surface area contributed by atoms with Gasteiger partial charge in [-0.3, -0.25) is 25.2 Å². The van der Waals surface area contributed by atoms with Crippen molar-refractivity contribution in [2.24, 2.45) is 5.92 Å². The van der Waals surface area contributed by atoms with Crippen LogP contribution in [0.15, 0.2) is 77.4 Å². The van der Waals surface area contributed by atoms with Crippen LogP contribution in [0.4, 0.5) is 4.39 Å². The van der Waals surface area contributed by atoms with Gasteiger partial charge in [-0.05, 0) is 61.4 Å². The average Bonchev–Trinajstić information content (AvgIpc) is 3.46. The number of benzene rings is 2. The molecule has 0 saturated carbocycles. The van der Waals surface area contributed by atoms with Crippen LogP contribution >= 0.6 is 0 Å². The highest BCUT2D eigenvalue weighted by Crippen LogP contribution is 2.25. The quantitative estimate of drug-likeness (QED) is 0.425. The van der Waals surface area contributed by atoms with Crippen LogP contribution in [0.1, 0.15) is 33.6 Å². The molecule has 1 atom stereocenters. The fraction of sp³-hybridized carbons (Fsp3) is 0.185. The van der Waals surface area contributed by atoms with E-state index in [-0.39, 0.29) is 18.4 Å². The number of halogens is 1. The number of fused-ring (bicyclic) bond motifs is 1. The van der Waals surface area contributed by atoms with E-state index in [1.165, 1.54) is 30.5 Å². The minimum absolute atomic E-state index is 0.207. The number of nitrogens with one attached hydrogen (secondary N) is 2. The summed E-state index contributed by atoms with van der Waals surface area (Å²) in [5, 5.41) is 0.633. The maximum Gasteiger partial charge on any atom is 0.270 e. The van der Waals surface area contributed by atoms with Gasteiger partial charge in [0.05, 0.1) is 23.3 Å². The smallest absolute Gasteiger partial charge is 0.270 e. The highest BCUT2D eigenvalue weighted by molar-refractivity contribution is 6.07. The zero-order valence-electron chi connectivity index (χ0n) is 19.2. The molecule has 2 aromatic carbocycles. The Bertz CT molecular complexity index is 1420. The molecule has 0 bridgehead atoms. The Morgan fingerprint density at radius 1 is 1.00 bits per heavy atom. The van der Waals surface area contributed by atoms with Gasteiger partial charge < -0.3 is 9.32 Å². The molecule has 8 nitrogen and oxygen atoms in total. The first-order chi connectivity index (χ1) is 17.5. The molecule has 5 rings (SSSR count). The van der Waals surface area contributed by atoms with Gasteiger partial charge in [0.15, 0.2) is 5.76 Å². The van der Waals surface area contributed by atoms with Crippen LogP contribution in [0.3, 0.4) is 0 Å². The highest BCUT2D eigenvalue weighted by atomic mass is 19.1. The van der Waals surface area contributed by atoms with Gasteiger partial charge in [-0.15, -0.1) is 0 Å². The van der Waals surface area contributed by atoms with E-state index in [0.29, 0.717) is 52.9 Å². The largest absolute Gasteiger partial charge is 0.463 e. The second-order valence-corrected chi connectivity index (χ2v) is 8.59. The summed E-state index contributed by atoms with van der Waals surface area (Å²) >= 11 is 0. The number of hydrogen-bond donors (Lipinski definition) is 2. The number of piperidine rings is 1. The summed E-state index contributed by atoms with van der Waals surface area (Å²) in [6.45, 7) is 0.712. The van der Waals surface area contributed by atoms with Gasteiger partial charge in [0.1, 0.15) is 11.5 Å². The van der Waals surface area contributed by atoms with E-state index in [1.54, 1.807) is 41.3 Å². The second-order valence-electron chi connectivity index (χ2n) is 8.59. The topological polar surface area (TPSA) is 105 Å². The number of hydrazine groups is 1. The van der Waals surface area contributed by atoms with E-state index in [0.717, 1.165) is 0 Å². The number of aromatic nitrogens is 1. The Balaban J connectivity index is 1.27. The van der Waals surface area contributed by atoms with E-state index in [2.05, 4.69) is 15.8 Å². The van der Waals surface area contributed by atoms with Crippen molar-refractivity contribution in [1.29, 1.82) is 0 Å². The molecule has 9 heteroatoms. The summed E-state index contributed by atoms with van der Waals surface area (Å²) in [4.78, 5) is 44.8. The molecule has 1 aliphatic rings. The number of carbonyl (C=O) groups is 3. The van der Waals surface area contributed by atoms with Crippen LogP contribution in [0, 0.1) is 11.7 Å². The summed E-state index contributed by atoms with van der Waals surface area (Å²) < 4.78 is 18.6. The van der Waals surface area contributed by atoms with Crippen molar-refractivity contribution in [1.82, 2.24) is 20.7 Å². The lowest BCUT2D eigenvalue weighted by molar-refractivity contribution is -0.127. The van der Waals surface area contributed by atoms with Crippen LogP contribution in [-0.2, 0) is 4.79 Å². The summed E-state index contributed by atoms with van der Waals surface area (Å²) in [6, 6.07) is 17.6. The number of hydrogen-bond acceptors (Lipinski definition) is 5. The molecule has 1 unspecified atom stereocenters. The molecule has 0 spiro atoms. The van der Waals surface area contributed by atoms with Gasteiger partial charge in [0.25, 0.3) is 11.8 Å². The Labute approximate surface area is 206 Å². The Morgan fingerprint density at radius 2 is 1.81 bits per heavy atom. The Kier molecular flexibility index (Phi) is 6.44. The molecule has 36 heavy (non-hydrogen) atoms. The highest BCUT2D eigenvalue weighted by Gasteiger charge is 2.29. The van der Waals surface area contributed by atoms with Gasteiger partial charge in [-0.2, -0.15) is 0 Å². The number of rotatable bonds is 4. The lowest BCUT2D eigenvalue weighted by Crippen LogP contribution is -2.50. The number of likely N-dealkylation sites (tertiary alicyclic amines) is 1.